The molecule has 4 aromatic rings. The van der Waals surface area contributed by atoms with Crippen molar-refractivity contribution in [2.75, 3.05) is 18.4 Å². The number of nitrogens with one attached hydrogen (secondary N) is 2. The van der Waals surface area contributed by atoms with Gasteiger partial charge in [-0.1, -0.05) is 54.1 Å². The van der Waals surface area contributed by atoms with Crippen molar-refractivity contribution in [3.05, 3.63) is 76.9 Å². The van der Waals surface area contributed by atoms with Gasteiger partial charge in [-0.3, -0.25) is 4.79 Å². The van der Waals surface area contributed by atoms with Gasteiger partial charge < -0.3 is 10.6 Å². The van der Waals surface area contributed by atoms with Crippen molar-refractivity contribution >= 4 is 42.3 Å². The number of amides is 1. The molecule has 0 radical (unpaired) electrons. The molecule has 34 heavy (non-hydrogen) atoms. The number of anilines is 1. The molecule has 0 saturated heterocycles. The van der Waals surface area contributed by atoms with Gasteiger partial charge in [0.2, 0.25) is 5.91 Å². The Morgan fingerprint density at radius 2 is 1.76 bits per heavy atom. The van der Waals surface area contributed by atoms with Crippen LogP contribution in [0.2, 0.25) is 5.02 Å². The number of unbranched alkanes of at least 4 members (excludes halogenated alkanes) is 1. The largest absolute Gasteiger partial charge is 0.370 e. The lowest BCUT2D eigenvalue weighted by Gasteiger charge is -2.13. The van der Waals surface area contributed by atoms with Crippen LogP contribution in [0.1, 0.15) is 24.0 Å². The van der Waals surface area contributed by atoms with Crippen LogP contribution < -0.4 is 16.1 Å². The van der Waals surface area contributed by atoms with Gasteiger partial charge in [0, 0.05) is 41.9 Å². The summed E-state index contributed by atoms with van der Waals surface area (Å²) in [6.07, 6.45) is 5.34. The van der Waals surface area contributed by atoms with Gasteiger partial charge in [0.1, 0.15) is 13.7 Å². The normalized spacial score (nSPS) is 13.2. The Kier molecular flexibility index (Phi) is 6.54. The first kappa shape index (κ1) is 22.5. The Morgan fingerprint density at radius 1 is 1.06 bits per heavy atom. The maximum atomic E-state index is 12.6. The van der Waals surface area contributed by atoms with Crippen LogP contribution >= 0.6 is 11.6 Å². The summed E-state index contributed by atoms with van der Waals surface area (Å²) in [4.78, 5) is 17.3. The number of fused-ring (bicyclic) bond motifs is 2. The summed E-state index contributed by atoms with van der Waals surface area (Å²) in [6, 6.07) is 18.1. The van der Waals surface area contributed by atoms with E-state index in [0.717, 1.165) is 60.4 Å². The van der Waals surface area contributed by atoms with Crippen molar-refractivity contribution in [2.45, 2.75) is 25.7 Å². The van der Waals surface area contributed by atoms with E-state index in [-0.39, 0.29) is 11.8 Å². The van der Waals surface area contributed by atoms with Crippen LogP contribution in [0.5, 0.6) is 0 Å². The van der Waals surface area contributed by atoms with Crippen LogP contribution in [-0.4, -0.2) is 41.4 Å². The second-order valence-electron chi connectivity index (χ2n) is 8.87. The quantitative estimate of drug-likeness (QED) is 0.306. The Balaban J connectivity index is 1.15. The molecule has 2 heterocycles. The molecule has 1 aliphatic rings. The first-order valence-electron chi connectivity index (χ1n) is 11.8. The third-order valence-corrected chi connectivity index (χ3v) is 6.76. The van der Waals surface area contributed by atoms with E-state index in [4.69, 9.17) is 16.6 Å². The molecule has 2 N–H and O–H groups in total. The van der Waals surface area contributed by atoms with Crippen LogP contribution in [0.25, 0.3) is 16.9 Å². The van der Waals surface area contributed by atoms with Crippen molar-refractivity contribution < 1.29 is 4.79 Å². The molecule has 0 unspecified atom stereocenters. The number of nitrogens with zero attached hydrogens (tertiary/aromatic N) is 3. The molecule has 6 nitrogen and oxygen atoms in total. The summed E-state index contributed by atoms with van der Waals surface area (Å²) in [5.74, 6) is 1.10. The molecule has 0 spiro atoms. The van der Waals surface area contributed by atoms with Gasteiger partial charge in [-0.25, -0.2) is 4.98 Å². The van der Waals surface area contributed by atoms with E-state index in [9.17, 15) is 4.79 Å². The zero-order chi connectivity index (χ0) is 23.5. The molecule has 1 amide bonds. The highest BCUT2D eigenvalue weighted by Crippen LogP contribution is 2.28. The number of aromatic nitrogens is 3. The molecule has 172 valence electrons. The highest BCUT2D eigenvalue weighted by atomic mass is 35.5. The van der Waals surface area contributed by atoms with Crippen LogP contribution in [0, 0.1) is 5.92 Å². The number of benzene rings is 2. The topological polar surface area (TPSA) is 71.3 Å². The minimum atomic E-state index is 0.0620. The molecule has 2 aromatic carbocycles. The van der Waals surface area contributed by atoms with Crippen LogP contribution in [-0.2, 0) is 17.6 Å². The Bertz CT molecular complexity index is 1310. The molecule has 2 aromatic heterocycles. The van der Waals surface area contributed by atoms with Gasteiger partial charge in [-0.05, 0) is 48.3 Å². The molecule has 0 bridgehead atoms. The summed E-state index contributed by atoms with van der Waals surface area (Å²) in [5, 5.41) is 11.8. The van der Waals surface area contributed by atoms with E-state index < -0.39 is 0 Å². The van der Waals surface area contributed by atoms with Gasteiger partial charge in [-0.2, -0.15) is 9.61 Å². The van der Waals surface area contributed by atoms with Crippen molar-refractivity contribution in [1.82, 2.24) is 19.9 Å². The predicted molar refractivity (Wildman–Crippen MR) is 140 cm³/mol. The van der Waals surface area contributed by atoms with Gasteiger partial charge >= 0.3 is 0 Å². The lowest BCUT2D eigenvalue weighted by atomic mass is 10.0. The SMILES string of the molecule is Bc1cnn2c(NCCCCNC(=O)C3Cc4ccccc4C3)cc(-c3ccccc3Cl)nc12. The second-order valence-corrected chi connectivity index (χ2v) is 9.28. The lowest BCUT2D eigenvalue weighted by Crippen LogP contribution is -2.32. The highest BCUT2D eigenvalue weighted by Gasteiger charge is 2.26. The zero-order valence-corrected chi connectivity index (χ0v) is 20.0. The van der Waals surface area contributed by atoms with Gasteiger partial charge in [-0.15, -0.1) is 0 Å². The van der Waals surface area contributed by atoms with Gasteiger partial charge in [0.05, 0.1) is 5.69 Å². The molecule has 8 heteroatoms. The highest BCUT2D eigenvalue weighted by molar-refractivity contribution is 6.36. The van der Waals surface area contributed by atoms with Crippen LogP contribution in [0.15, 0.2) is 60.8 Å². The fourth-order valence-corrected chi connectivity index (χ4v) is 4.80. The molecular weight excluding hydrogens is 445 g/mol. The maximum Gasteiger partial charge on any atom is 0.223 e. The predicted octanol–water partition coefficient (Wildman–Crippen LogP) is 3.03. The Hall–Kier alpha value is -3.32. The fourth-order valence-electron chi connectivity index (χ4n) is 4.57. The van der Waals surface area contributed by atoms with E-state index >= 15 is 0 Å². The standard InChI is InChI=1S/C26H27BClN5O/c27-21-16-31-33-24(15-23(32-25(21)33)20-9-3-4-10-22(20)28)29-11-5-6-12-30-26(34)19-13-17-7-1-2-8-18(17)14-19/h1-4,7-10,15-16,19,29H,5-6,11-14,27H2,(H,30,34). The number of carbonyl (C=O) groups excluding carboxylic acids is 1. The number of hydrogen-bond acceptors (Lipinski definition) is 4. The first-order valence-corrected chi connectivity index (χ1v) is 12.2. The van der Waals surface area contributed by atoms with Crippen LogP contribution in [0.3, 0.4) is 0 Å². The Labute approximate surface area is 205 Å². The summed E-state index contributed by atoms with van der Waals surface area (Å²) in [6.45, 7) is 1.45. The minimum Gasteiger partial charge on any atom is -0.370 e. The van der Waals surface area contributed by atoms with Gasteiger partial charge in [0.15, 0.2) is 5.65 Å². The number of rotatable bonds is 8. The van der Waals surface area contributed by atoms with Gasteiger partial charge in [0.25, 0.3) is 0 Å². The van der Waals surface area contributed by atoms with Crippen molar-refractivity contribution in [1.29, 1.82) is 0 Å². The molecule has 0 saturated carbocycles. The number of hydrogen-bond donors (Lipinski definition) is 2. The van der Waals surface area contributed by atoms with E-state index in [2.05, 4.69) is 27.9 Å². The second kappa shape index (κ2) is 9.89. The summed E-state index contributed by atoms with van der Waals surface area (Å²) < 4.78 is 1.83. The van der Waals surface area contributed by atoms with E-state index in [1.165, 1.54) is 11.1 Å². The smallest absolute Gasteiger partial charge is 0.223 e. The van der Waals surface area contributed by atoms with Crippen molar-refractivity contribution in [3.8, 4) is 11.3 Å². The molecule has 0 fully saturated rings. The molecule has 5 rings (SSSR count). The van der Waals surface area contributed by atoms with Crippen LogP contribution in [0.4, 0.5) is 5.82 Å². The number of carbonyl (C=O) groups is 1. The fraction of sp³-hybridized carbons (Fsp3) is 0.269. The first-order chi connectivity index (χ1) is 16.6. The number of halogens is 1. The average Bonchev–Trinajstić information content (AvgIpc) is 3.45. The van der Waals surface area contributed by atoms with E-state index in [1.54, 1.807) is 0 Å². The summed E-state index contributed by atoms with van der Waals surface area (Å²) in [5.41, 5.74) is 6.14. The molecule has 0 atom stereocenters. The van der Waals surface area contributed by atoms with Crippen molar-refractivity contribution in [2.24, 2.45) is 5.92 Å². The Morgan fingerprint density at radius 3 is 2.53 bits per heavy atom. The van der Waals surface area contributed by atoms with E-state index in [0.29, 0.717) is 11.6 Å². The zero-order valence-electron chi connectivity index (χ0n) is 19.2. The summed E-state index contributed by atoms with van der Waals surface area (Å²) in [7, 11) is 2.00. The third-order valence-electron chi connectivity index (χ3n) is 6.43. The monoisotopic (exact) mass is 471 g/mol. The molecule has 1 aliphatic carbocycles. The summed E-state index contributed by atoms with van der Waals surface area (Å²) >= 11 is 6.42. The lowest BCUT2D eigenvalue weighted by molar-refractivity contribution is -0.124. The minimum absolute atomic E-state index is 0.0620. The van der Waals surface area contributed by atoms with E-state index in [1.807, 2.05) is 61.0 Å². The molecule has 0 aliphatic heterocycles. The molecular formula is C26H27BClN5O. The average molecular weight is 472 g/mol. The maximum absolute atomic E-state index is 12.6. The van der Waals surface area contributed by atoms with Crippen molar-refractivity contribution in [3.63, 3.8) is 0 Å². The third kappa shape index (κ3) is 4.66.